The van der Waals surface area contributed by atoms with Crippen molar-refractivity contribution in [3.05, 3.63) is 23.7 Å². The lowest BCUT2D eigenvalue weighted by Crippen LogP contribution is -2.13. The second-order valence-corrected chi connectivity index (χ2v) is 5.65. The summed E-state index contributed by atoms with van der Waals surface area (Å²) in [6.07, 6.45) is 3.39. The molecule has 0 saturated heterocycles. The Morgan fingerprint density at radius 3 is 2.89 bits per heavy atom. The van der Waals surface area contributed by atoms with Gasteiger partial charge in [-0.2, -0.15) is 11.8 Å². The Kier molecular flexibility index (Phi) is 4.11. The lowest BCUT2D eigenvalue weighted by atomic mass is 10.1. The highest BCUT2D eigenvalue weighted by Gasteiger charge is 2.44. The Morgan fingerprint density at radius 2 is 2.33 bits per heavy atom. The number of ether oxygens (including phenoxy) is 1. The van der Waals surface area contributed by atoms with E-state index in [1.807, 2.05) is 6.07 Å². The zero-order valence-electron chi connectivity index (χ0n) is 10.3. The molecule has 0 unspecified atom stereocenters. The van der Waals surface area contributed by atoms with Gasteiger partial charge < -0.3 is 9.15 Å². The first-order chi connectivity index (χ1) is 8.67. The van der Waals surface area contributed by atoms with Crippen LogP contribution in [0, 0.1) is 5.41 Å². The summed E-state index contributed by atoms with van der Waals surface area (Å²) in [7, 11) is 1.43. The van der Waals surface area contributed by atoms with Crippen LogP contribution in [0.5, 0.6) is 0 Å². The first kappa shape index (κ1) is 13.2. The van der Waals surface area contributed by atoms with Crippen molar-refractivity contribution in [2.45, 2.75) is 25.0 Å². The van der Waals surface area contributed by atoms with Crippen molar-refractivity contribution in [1.82, 2.24) is 0 Å². The summed E-state index contributed by atoms with van der Waals surface area (Å²) in [6, 6.07) is 3.49. The van der Waals surface area contributed by atoms with Gasteiger partial charge in [-0.1, -0.05) is 0 Å². The highest BCUT2D eigenvalue weighted by atomic mass is 32.2. The Hall–Kier alpha value is -1.23. The fourth-order valence-electron chi connectivity index (χ4n) is 1.83. The van der Waals surface area contributed by atoms with Crippen LogP contribution in [0.1, 0.15) is 35.6 Å². The molecule has 0 spiro atoms. The standard InChI is InChI=1S/C13H16O4S/c1-16-12(15)6-13(4-5-13)9-18-8-11-3-2-10(7-14)17-11/h2-3,7H,4-6,8-9H2,1H3. The van der Waals surface area contributed by atoms with Crippen molar-refractivity contribution in [1.29, 1.82) is 0 Å². The third kappa shape index (κ3) is 3.38. The van der Waals surface area contributed by atoms with Gasteiger partial charge in [0.15, 0.2) is 12.0 Å². The highest BCUT2D eigenvalue weighted by Crippen LogP contribution is 2.51. The van der Waals surface area contributed by atoms with Crippen LogP contribution < -0.4 is 0 Å². The number of hydrogen-bond acceptors (Lipinski definition) is 5. The Bertz CT molecular complexity index is 434. The third-order valence-corrected chi connectivity index (χ3v) is 4.46. The van der Waals surface area contributed by atoms with Crippen LogP contribution in [0.3, 0.4) is 0 Å². The van der Waals surface area contributed by atoms with E-state index in [9.17, 15) is 9.59 Å². The average Bonchev–Trinajstić information content (AvgIpc) is 2.97. The quantitative estimate of drug-likeness (QED) is 0.562. The van der Waals surface area contributed by atoms with E-state index < -0.39 is 0 Å². The fourth-order valence-corrected chi connectivity index (χ4v) is 3.11. The van der Waals surface area contributed by atoms with Crippen molar-refractivity contribution in [3.8, 4) is 0 Å². The summed E-state index contributed by atoms with van der Waals surface area (Å²) in [6.45, 7) is 0. The molecule has 1 aliphatic rings. The second kappa shape index (κ2) is 5.61. The van der Waals surface area contributed by atoms with Gasteiger partial charge in [0.1, 0.15) is 5.76 Å². The number of thioether (sulfide) groups is 1. The smallest absolute Gasteiger partial charge is 0.306 e. The average molecular weight is 268 g/mol. The first-order valence-corrected chi connectivity index (χ1v) is 7.01. The molecule has 1 aromatic rings. The minimum Gasteiger partial charge on any atom is -0.469 e. The maximum Gasteiger partial charge on any atom is 0.306 e. The number of rotatable bonds is 7. The van der Waals surface area contributed by atoms with Crippen LogP contribution in [-0.2, 0) is 15.3 Å². The van der Waals surface area contributed by atoms with Crippen LogP contribution in [-0.4, -0.2) is 25.1 Å². The fraction of sp³-hybridized carbons (Fsp3) is 0.538. The monoisotopic (exact) mass is 268 g/mol. The molecule has 1 fully saturated rings. The number of carbonyl (C=O) groups excluding carboxylic acids is 2. The first-order valence-electron chi connectivity index (χ1n) is 5.86. The van der Waals surface area contributed by atoms with Gasteiger partial charge in [0.25, 0.3) is 0 Å². The van der Waals surface area contributed by atoms with Gasteiger partial charge in [-0.3, -0.25) is 9.59 Å². The van der Waals surface area contributed by atoms with Gasteiger partial charge in [0.05, 0.1) is 19.3 Å². The van der Waals surface area contributed by atoms with Crippen molar-refractivity contribution >= 4 is 24.0 Å². The normalized spacial score (nSPS) is 16.3. The third-order valence-electron chi connectivity index (χ3n) is 3.16. The van der Waals surface area contributed by atoms with E-state index in [4.69, 9.17) is 9.15 Å². The molecule has 0 atom stereocenters. The molecule has 0 aliphatic heterocycles. The summed E-state index contributed by atoms with van der Waals surface area (Å²) < 4.78 is 9.99. The topological polar surface area (TPSA) is 56.5 Å². The molecule has 4 nitrogen and oxygen atoms in total. The molecule has 0 N–H and O–H groups in total. The summed E-state index contributed by atoms with van der Waals surface area (Å²) in [5, 5.41) is 0. The van der Waals surface area contributed by atoms with Gasteiger partial charge in [0.2, 0.25) is 0 Å². The van der Waals surface area contributed by atoms with E-state index in [1.54, 1.807) is 17.8 Å². The van der Waals surface area contributed by atoms with E-state index in [2.05, 4.69) is 0 Å². The van der Waals surface area contributed by atoms with Gasteiger partial charge >= 0.3 is 5.97 Å². The SMILES string of the molecule is COC(=O)CC1(CSCc2ccc(C=O)o2)CC1. The molecule has 1 saturated carbocycles. The zero-order chi connectivity index (χ0) is 13.0. The molecule has 98 valence electrons. The number of hydrogen-bond donors (Lipinski definition) is 0. The molecular weight excluding hydrogens is 252 g/mol. The van der Waals surface area contributed by atoms with Crippen LogP contribution in [0.25, 0.3) is 0 Å². The van der Waals surface area contributed by atoms with E-state index in [0.717, 1.165) is 30.1 Å². The predicted molar refractivity (Wildman–Crippen MR) is 68.6 cm³/mol. The summed E-state index contributed by atoms with van der Waals surface area (Å²) in [4.78, 5) is 21.7. The molecule has 0 radical (unpaired) electrons. The number of carbonyl (C=O) groups is 2. The molecule has 5 heteroatoms. The van der Waals surface area contributed by atoms with Gasteiger partial charge in [-0.15, -0.1) is 0 Å². The second-order valence-electron chi connectivity index (χ2n) is 4.67. The number of aldehydes is 1. The van der Waals surface area contributed by atoms with Gasteiger partial charge in [0, 0.05) is 0 Å². The molecule has 18 heavy (non-hydrogen) atoms. The summed E-state index contributed by atoms with van der Waals surface area (Å²) in [5.74, 6) is 2.70. The maximum absolute atomic E-state index is 11.3. The van der Waals surface area contributed by atoms with Crippen molar-refractivity contribution < 1.29 is 18.7 Å². The number of esters is 1. The highest BCUT2D eigenvalue weighted by molar-refractivity contribution is 7.98. The summed E-state index contributed by atoms with van der Waals surface area (Å²) >= 11 is 1.73. The molecule has 0 amide bonds. The summed E-state index contributed by atoms with van der Waals surface area (Å²) in [5.41, 5.74) is 0.137. The van der Waals surface area contributed by atoms with Crippen molar-refractivity contribution in [3.63, 3.8) is 0 Å². The molecular formula is C13H16O4S. The number of methoxy groups -OCH3 is 1. The molecule has 0 aromatic carbocycles. The van der Waals surface area contributed by atoms with E-state index in [1.165, 1.54) is 7.11 Å². The van der Waals surface area contributed by atoms with E-state index >= 15 is 0 Å². The minimum absolute atomic E-state index is 0.130. The van der Waals surface area contributed by atoms with Crippen molar-refractivity contribution in [2.75, 3.05) is 12.9 Å². The molecule has 2 rings (SSSR count). The Morgan fingerprint density at radius 1 is 1.56 bits per heavy atom. The molecule has 1 heterocycles. The molecule has 1 aliphatic carbocycles. The van der Waals surface area contributed by atoms with Crippen LogP contribution in [0.2, 0.25) is 0 Å². The Balaban J connectivity index is 1.75. The van der Waals surface area contributed by atoms with E-state index in [-0.39, 0.29) is 11.4 Å². The lowest BCUT2D eigenvalue weighted by molar-refractivity contribution is -0.141. The van der Waals surface area contributed by atoms with Crippen LogP contribution in [0.4, 0.5) is 0 Å². The van der Waals surface area contributed by atoms with Crippen LogP contribution >= 0.6 is 11.8 Å². The van der Waals surface area contributed by atoms with Gasteiger partial charge in [-0.25, -0.2) is 0 Å². The van der Waals surface area contributed by atoms with Crippen molar-refractivity contribution in [2.24, 2.45) is 5.41 Å². The maximum atomic E-state index is 11.3. The van der Waals surface area contributed by atoms with Gasteiger partial charge in [-0.05, 0) is 36.1 Å². The zero-order valence-corrected chi connectivity index (χ0v) is 11.1. The minimum atomic E-state index is -0.130. The predicted octanol–water partition coefficient (Wildman–Crippen LogP) is 2.67. The molecule has 1 aromatic heterocycles. The van der Waals surface area contributed by atoms with E-state index in [0.29, 0.717) is 18.5 Å². The lowest BCUT2D eigenvalue weighted by Gasteiger charge is -2.12. The largest absolute Gasteiger partial charge is 0.469 e. The van der Waals surface area contributed by atoms with Crippen LogP contribution in [0.15, 0.2) is 16.5 Å². The number of furan rings is 1. The molecule has 0 bridgehead atoms. The Labute approximate surface area is 110 Å².